The summed E-state index contributed by atoms with van der Waals surface area (Å²) in [6.45, 7) is 4.22. The van der Waals surface area contributed by atoms with Gasteiger partial charge in [-0.15, -0.1) is 0 Å². The van der Waals surface area contributed by atoms with E-state index in [4.69, 9.17) is 18.9 Å². The molecule has 0 spiro atoms. The second kappa shape index (κ2) is 14.3. The summed E-state index contributed by atoms with van der Waals surface area (Å²) in [5.74, 6) is 0.386. The van der Waals surface area contributed by atoms with Crippen molar-refractivity contribution in [1.82, 2.24) is 0 Å². The van der Waals surface area contributed by atoms with E-state index in [1.807, 2.05) is 25.1 Å². The normalized spacial score (nSPS) is 28.7. The molecule has 2 fully saturated rings. The smallest absolute Gasteiger partial charge is 0.184 e. The van der Waals surface area contributed by atoms with Crippen molar-refractivity contribution >= 4 is 0 Å². The highest BCUT2D eigenvalue weighted by atomic mass is 16.7. The fourth-order valence-electron chi connectivity index (χ4n) is 5.49. The molecule has 0 aromatic heterocycles. The number of ether oxygens (including phenoxy) is 4. The Morgan fingerprint density at radius 3 is 1.95 bits per heavy atom. The molecule has 2 aliphatic rings. The quantitative estimate of drug-likeness (QED) is 0.265. The molecule has 210 valence electrons. The van der Waals surface area contributed by atoms with Gasteiger partial charge in [0, 0.05) is 17.5 Å². The number of phenols is 2. The molecule has 3 N–H and O–H groups in total. The minimum absolute atomic E-state index is 0.00272. The van der Waals surface area contributed by atoms with Crippen LogP contribution in [0, 0.1) is 0 Å². The number of benzene rings is 2. The van der Waals surface area contributed by atoms with Crippen LogP contribution in [0.5, 0.6) is 11.5 Å². The van der Waals surface area contributed by atoms with Gasteiger partial charge in [-0.05, 0) is 69.7 Å². The number of hydrogen-bond donors (Lipinski definition) is 3. The molecule has 2 aliphatic heterocycles. The highest BCUT2D eigenvalue weighted by molar-refractivity contribution is 5.29. The van der Waals surface area contributed by atoms with Crippen molar-refractivity contribution in [1.29, 1.82) is 0 Å². The Kier molecular flexibility index (Phi) is 10.8. The summed E-state index contributed by atoms with van der Waals surface area (Å²) in [6.07, 6.45) is 7.53. The third-order valence-corrected chi connectivity index (χ3v) is 7.44. The van der Waals surface area contributed by atoms with Crippen LogP contribution in [-0.4, -0.2) is 45.8 Å². The van der Waals surface area contributed by atoms with Gasteiger partial charge in [-0.3, -0.25) is 0 Å². The highest BCUT2D eigenvalue weighted by Crippen LogP contribution is 2.36. The van der Waals surface area contributed by atoms with Gasteiger partial charge in [-0.1, -0.05) is 50.5 Å². The van der Waals surface area contributed by atoms with E-state index >= 15 is 0 Å². The summed E-state index contributed by atoms with van der Waals surface area (Å²) < 4.78 is 24.7. The standard InChI is InChI=1S/C31H44O7/c1-3-4-5-14-27-20-28(37-31(36-27)23-10-7-12-25(33)18-23)15-8-13-26(34)19-29-16-21(2)35-30(38-29)22-9-6-11-24(32)17-22/h6-7,9-12,17-18,21,26-34H,3-5,8,13-16,19-20H2,1-2H3/t21-,26?,27?,28?,29?,30?,31?/m0/s1. The first-order valence-corrected chi connectivity index (χ1v) is 14.3. The summed E-state index contributed by atoms with van der Waals surface area (Å²) in [5, 5.41) is 30.6. The maximum atomic E-state index is 10.8. The molecule has 2 aromatic carbocycles. The Labute approximate surface area is 226 Å². The summed E-state index contributed by atoms with van der Waals surface area (Å²) in [7, 11) is 0. The Morgan fingerprint density at radius 1 is 0.763 bits per heavy atom. The number of aliphatic hydroxyl groups is 1. The van der Waals surface area contributed by atoms with Crippen molar-refractivity contribution in [3.63, 3.8) is 0 Å². The fraction of sp³-hybridized carbons (Fsp3) is 0.613. The zero-order valence-electron chi connectivity index (χ0n) is 22.7. The predicted molar refractivity (Wildman–Crippen MR) is 145 cm³/mol. The van der Waals surface area contributed by atoms with Gasteiger partial charge in [-0.2, -0.15) is 0 Å². The maximum Gasteiger partial charge on any atom is 0.184 e. The Hall–Kier alpha value is -2.16. The minimum Gasteiger partial charge on any atom is -0.508 e. The van der Waals surface area contributed by atoms with E-state index in [0.29, 0.717) is 12.8 Å². The average Bonchev–Trinajstić information content (AvgIpc) is 2.88. The SMILES string of the molecule is CCCCCC1CC(CCCC(O)CC2C[C@H](C)OC(c3cccc(O)c3)O2)OC(c2cccc(O)c2)O1. The molecule has 7 nitrogen and oxygen atoms in total. The topological polar surface area (TPSA) is 97.6 Å². The van der Waals surface area contributed by atoms with Crippen molar-refractivity contribution in [2.24, 2.45) is 0 Å². The van der Waals surface area contributed by atoms with E-state index in [9.17, 15) is 15.3 Å². The molecule has 2 heterocycles. The van der Waals surface area contributed by atoms with Crippen LogP contribution in [0.4, 0.5) is 0 Å². The lowest BCUT2D eigenvalue weighted by atomic mass is 9.96. The molecule has 0 saturated carbocycles. The zero-order valence-corrected chi connectivity index (χ0v) is 22.7. The minimum atomic E-state index is -0.544. The highest BCUT2D eigenvalue weighted by Gasteiger charge is 2.32. The number of aromatic hydroxyl groups is 2. The molecule has 0 aliphatic carbocycles. The van der Waals surface area contributed by atoms with E-state index in [1.165, 1.54) is 12.8 Å². The molecule has 2 aromatic rings. The Bertz CT molecular complexity index is 982. The molecular formula is C31H44O7. The lowest BCUT2D eigenvalue weighted by Crippen LogP contribution is -2.35. The molecule has 0 radical (unpaired) electrons. The van der Waals surface area contributed by atoms with Crippen LogP contribution in [0.25, 0.3) is 0 Å². The van der Waals surface area contributed by atoms with Crippen molar-refractivity contribution in [3.8, 4) is 11.5 Å². The van der Waals surface area contributed by atoms with Crippen molar-refractivity contribution < 1.29 is 34.3 Å². The number of rotatable bonds is 12. The van der Waals surface area contributed by atoms with Crippen molar-refractivity contribution in [2.45, 2.75) is 121 Å². The number of aliphatic hydroxyl groups excluding tert-OH is 1. The summed E-state index contributed by atoms with van der Waals surface area (Å²) in [5.41, 5.74) is 1.62. The zero-order chi connectivity index (χ0) is 26.9. The van der Waals surface area contributed by atoms with E-state index in [2.05, 4.69) is 6.92 Å². The fourth-order valence-corrected chi connectivity index (χ4v) is 5.49. The van der Waals surface area contributed by atoms with E-state index in [0.717, 1.165) is 49.7 Å². The van der Waals surface area contributed by atoms with Gasteiger partial charge in [0.2, 0.25) is 0 Å². The van der Waals surface area contributed by atoms with Crippen LogP contribution in [0.3, 0.4) is 0 Å². The second-order valence-corrected chi connectivity index (χ2v) is 10.9. The summed E-state index contributed by atoms with van der Waals surface area (Å²) >= 11 is 0. The third-order valence-electron chi connectivity index (χ3n) is 7.44. The molecule has 38 heavy (non-hydrogen) atoms. The van der Waals surface area contributed by atoms with Crippen LogP contribution in [0.1, 0.15) is 102 Å². The van der Waals surface area contributed by atoms with Gasteiger partial charge in [0.25, 0.3) is 0 Å². The molecule has 4 rings (SSSR count). The first-order chi connectivity index (χ1) is 18.4. The number of phenolic OH excluding ortho intramolecular Hbond substituents is 2. The molecular weight excluding hydrogens is 484 g/mol. The van der Waals surface area contributed by atoms with Crippen LogP contribution in [0.2, 0.25) is 0 Å². The van der Waals surface area contributed by atoms with Gasteiger partial charge in [0.05, 0.1) is 30.5 Å². The molecule has 6 unspecified atom stereocenters. The number of unbranched alkanes of at least 4 members (excludes halogenated alkanes) is 2. The molecule has 7 heteroatoms. The molecule has 2 saturated heterocycles. The second-order valence-electron chi connectivity index (χ2n) is 10.9. The van der Waals surface area contributed by atoms with E-state index in [1.54, 1.807) is 30.3 Å². The predicted octanol–water partition coefficient (Wildman–Crippen LogP) is 6.66. The molecule has 0 bridgehead atoms. The van der Waals surface area contributed by atoms with Crippen LogP contribution in [-0.2, 0) is 18.9 Å². The average molecular weight is 529 g/mol. The van der Waals surface area contributed by atoms with Gasteiger partial charge in [0.1, 0.15) is 11.5 Å². The summed E-state index contributed by atoms with van der Waals surface area (Å²) in [4.78, 5) is 0. The van der Waals surface area contributed by atoms with Gasteiger partial charge >= 0.3 is 0 Å². The Morgan fingerprint density at radius 2 is 1.34 bits per heavy atom. The van der Waals surface area contributed by atoms with Crippen molar-refractivity contribution in [2.75, 3.05) is 0 Å². The van der Waals surface area contributed by atoms with Crippen LogP contribution in [0.15, 0.2) is 48.5 Å². The van der Waals surface area contributed by atoms with E-state index < -0.39 is 18.7 Å². The third kappa shape index (κ3) is 8.68. The van der Waals surface area contributed by atoms with E-state index in [-0.39, 0.29) is 35.9 Å². The van der Waals surface area contributed by atoms with Gasteiger partial charge < -0.3 is 34.3 Å². The summed E-state index contributed by atoms with van der Waals surface area (Å²) in [6, 6.07) is 14.0. The number of hydrogen-bond acceptors (Lipinski definition) is 7. The lowest BCUT2D eigenvalue weighted by Gasteiger charge is -2.37. The van der Waals surface area contributed by atoms with Gasteiger partial charge in [-0.25, -0.2) is 0 Å². The van der Waals surface area contributed by atoms with Crippen LogP contribution < -0.4 is 0 Å². The Balaban J connectivity index is 1.27. The van der Waals surface area contributed by atoms with Crippen molar-refractivity contribution in [3.05, 3.63) is 59.7 Å². The molecule has 0 amide bonds. The molecule has 7 atom stereocenters. The lowest BCUT2D eigenvalue weighted by molar-refractivity contribution is -0.251. The maximum absolute atomic E-state index is 10.8. The first-order valence-electron chi connectivity index (χ1n) is 14.3. The van der Waals surface area contributed by atoms with Crippen LogP contribution >= 0.6 is 0 Å². The van der Waals surface area contributed by atoms with Gasteiger partial charge in [0.15, 0.2) is 12.6 Å². The monoisotopic (exact) mass is 528 g/mol. The largest absolute Gasteiger partial charge is 0.508 e. The first kappa shape index (κ1) is 28.8.